The Hall–Kier alpha value is -3.25. The highest BCUT2D eigenvalue weighted by Crippen LogP contribution is 2.27. The van der Waals surface area contributed by atoms with Crippen molar-refractivity contribution in [3.8, 4) is 11.1 Å². The van der Waals surface area contributed by atoms with Gasteiger partial charge in [0.2, 0.25) is 0 Å². The number of ether oxygens (including phenoxy) is 1. The molecule has 0 saturated heterocycles. The third-order valence-corrected chi connectivity index (χ3v) is 5.56. The summed E-state index contributed by atoms with van der Waals surface area (Å²) in [6, 6.07) is 20.8. The van der Waals surface area contributed by atoms with Gasteiger partial charge >= 0.3 is 5.97 Å². The van der Waals surface area contributed by atoms with Gasteiger partial charge in [-0.25, -0.2) is 0 Å². The Balaban J connectivity index is 1.55. The number of anilines is 1. The third kappa shape index (κ3) is 5.64. The second-order valence-electron chi connectivity index (χ2n) is 6.87. The number of nitrogens with one attached hydrogen (secondary N) is 1. The molecule has 3 aromatic rings. The highest BCUT2D eigenvalue weighted by Gasteiger charge is 2.20. The minimum Gasteiger partial charge on any atom is -0.453 e. The van der Waals surface area contributed by atoms with E-state index in [1.54, 1.807) is 12.1 Å². The van der Waals surface area contributed by atoms with Crippen LogP contribution in [0.5, 0.6) is 0 Å². The van der Waals surface area contributed by atoms with E-state index in [0.717, 1.165) is 16.0 Å². The summed E-state index contributed by atoms with van der Waals surface area (Å²) in [5, 5.41) is 2.83. The van der Waals surface area contributed by atoms with Crippen LogP contribution < -0.4 is 5.32 Å². The molecule has 0 bridgehead atoms. The number of carbonyl (C=O) groups excluding carboxylic acids is 3. The molecule has 1 amide bonds. The average Bonchev–Trinajstić information content (AvgIpc) is 3.19. The summed E-state index contributed by atoms with van der Waals surface area (Å²) >= 11 is 1.40. The number of benzene rings is 2. The van der Waals surface area contributed by atoms with Crippen molar-refractivity contribution in [2.75, 3.05) is 5.32 Å². The Morgan fingerprint density at radius 3 is 2.33 bits per heavy atom. The fraction of sp³-hybridized carbons (Fsp3) is 0.208. The van der Waals surface area contributed by atoms with E-state index in [0.29, 0.717) is 10.6 Å². The van der Waals surface area contributed by atoms with Gasteiger partial charge in [-0.2, -0.15) is 0 Å². The van der Waals surface area contributed by atoms with Crippen molar-refractivity contribution < 1.29 is 19.1 Å². The van der Waals surface area contributed by atoms with Gasteiger partial charge in [-0.05, 0) is 37.6 Å². The van der Waals surface area contributed by atoms with Gasteiger partial charge in [0, 0.05) is 22.5 Å². The fourth-order valence-corrected chi connectivity index (χ4v) is 3.76. The number of para-hydroxylation sites is 1. The fourth-order valence-electron chi connectivity index (χ4n) is 2.93. The summed E-state index contributed by atoms with van der Waals surface area (Å²) < 4.78 is 5.22. The SMILES string of the molecule is Cc1ccc(C(=O)CCC(=O)O[C@H](C)C(=O)Nc2ccccc2-c2ccccc2)s1. The molecule has 0 fully saturated rings. The maximum absolute atomic E-state index is 12.5. The van der Waals surface area contributed by atoms with E-state index in [-0.39, 0.29) is 18.6 Å². The molecule has 30 heavy (non-hydrogen) atoms. The predicted molar refractivity (Wildman–Crippen MR) is 119 cm³/mol. The van der Waals surface area contributed by atoms with Gasteiger partial charge in [-0.3, -0.25) is 14.4 Å². The van der Waals surface area contributed by atoms with Crippen molar-refractivity contribution in [1.82, 2.24) is 0 Å². The van der Waals surface area contributed by atoms with Crippen LogP contribution in [0.25, 0.3) is 11.1 Å². The predicted octanol–water partition coefficient (Wildman–Crippen LogP) is 5.26. The minimum absolute atomic E-state index is 0.0595. The van der Waals surface area contributed by atoms with Gasteiger partial charge in [-0.1, -0.05) is 48.5 Å². The van der Waals surface area contributed by atoms with Crippen LogP contribution in [0, 0.1) is 6.92 Å². The number of aryl methyl sites for hydroxylation is 1. The molecule has 1 N–H and O–H groups in total. The number of amides is 1. The van der Waals surface area contributed by atoms with Crippen LogP contribution in [0.4, 0.5) is 5.69 Å². The standard InChI is InChI=1S/C24H23NO4S/c1-16-12-14-22(30-16)21(26)13-15-23(27)29-17(2)24(28)25-20-11-7-6-10-19(20)18-8-4-3-5-9-18/h3-12,14,17H,13,15H2,1-2H3,(H,25,28)/t17-/m1/s1. The molecule has 0 aliphatic rings. The molecule has 5 nitrogen and oxygen atoms in total. The van der Waals surface area contributed by atoms with Gasteiger partial charge < -0.3 is 10.1 Å². The summed E-state index contributed by atoms with van der Waals surface area (Å²) in [5.74, 6) is -1.10. The Morgan fingerprint density at radius 2 is 1.63 bits per heavy atom. The lowest BCUT2D eigenvalue weighted by molar-refractivity contribution is -0.153. The van der Waals surface area contributed by atoms with Crippen molar-refractivity contribution >= 4 is 34.7 Å². The number of rotatable bonds is 8. The molecular formula is C24H23NO4S. The Labute approximate surface area is 179 Å². The molecule has 0 radical (unpaired) electrons. The number of hydrogen-bond donors (Lipinski definition) is 1. The van der Waals surface area contributed by atoms with E-state index < -0.39 is 18.0 Å². The number of hydrogen-bond acceptors (Lipinski definition) is 5. The highest BCUT2D eigenvalue weighted by atomic mass is 32.1. The maximum atomic E-state index is 12.5. The van der Waals surface area contributed by atoms with Crippen LogP contribution in [0.3, 0.4) is 0 Å². The number of ketones is 1. The first-order valence-corrected chi connectivity index (χ1v) is 10.5. The molecular weight excluding hydrogens is 398 g/mol. The van der Waals surface area contributed by atoms with Crippen molar-refractivity contribution in [3.63, 3.8) is 0 Å². The van der Waals surface area contributed by atoms with Gasteiger partial charge in [0.25, 0.3) is 5.91 Å². The van der Waals surface area contributed by atoms with Crippen molar-refractivity contribution in [1.29, 1.82) is 0 Å². The third-order valence-electron chi connectivity index (χ3n) is 4.52. The zero-order chi connectivity index (χ0) is 21.5. The van der Waals surface area contributed by atoms with Gasteiger partial charge in [0.05, 0.1) is 11.3 Å². The van der Waals surface area contributed by atoms with E-state index >= 15 is 0 Å². The first kappa shape index (κ1) is 21.5. The van der Waals surface area contributed by atoms with E-state index in [1.165, 1.54) is 18.3 Å². The summed E-state index contributed by atoms with van der Waals surface area (Å²) in [6.07, 6.45) is -0.974. The van der Waals surface area contributed by atoms with Crippen LogP contribution in [0.1, 0.15) is 34.3 Å². The van der Waals surface area contributed by atoms with Crippen LogP contribution in [-0.4, -0.2) is 23.8 Å². The van der Waals surface area contributed by atoms with Crippen LogP contribution in [-0.2, 0) is 14.3 Å². The van der Waals surface area contributed by atoms with E-state index in [9.17, 15) is 14.4 Å². The number of esters is 1. The van der Waals surface area contributed by atoms with Gasteiger partial charge in [0.1, 0.15) is 0 Å². The molecule has 3 rings (SSSR count). The van der Waals surface area contributed by atoms with Gasteiger partial charge in [0.15, 0.2) is 11.9 Å². The molecule has 1 aromatic heterocycles. The maximum Gasteiger partial charge on any atom is 0.307 e. The van der Waals surface area contributed by atoms with Crippen molar-refractivity contribution in [2.45, 2.75) is 32.8 Å². The zero-order valence-electron chi connectivity index (χ0n) is 16.9. The molecule has 1 heterocycles. The molecule has 0 aliphatic carbocycles. The van der Waals surface area contributed by atoms with Crippen LogP contribution in [0.2, 0.25) is 0 Å². The summed E-state index contributed by atoms with van der Waals surface area (Å²) in [4.78, 5) is 38.4. The molecule has 0 aliphatic heterocycles. The number of carbonyl (C=O) groups is 3. The molecule has 0 saturated carbocycles. The summed E-state index contributed by atoms with van der Waals surface area (Å²) in [6.45, 7) is 3.44. The lowest BCUT2D eigenvalue weighted by atomic mass is 10.0. The Morgan fingerprint density at radius 1 is 0.933 bits per heavy atom. The average molecular weight is 422 g/mol. The Kier molecular flexibility index (Phi) is 7.14. The molecule has 2 aromatic carbocycles. The van der Waals surface area contributed by atoms with Crippen molar-refractivity contribution in [3.05, 3.63) is 76.5 Å². The monoisotopic (exact) mass is 421 g/mol. The number of thiophene rings is 1. The lowest BCUT2D eigenvalue weighted by Crippen LogP contribution is -2.30. The van der Waals surface area contributed by atoms with Gasteiger partial charge in [-0.15, -0.1) is 11.3 Å². The molecule has 0 spiro atoms. The highest BCUT2D eigenvalue weighted by molar-refractivity contribution is 7.14. The second kappa shape index (κ2) is 9.98. The largest absolute Gasteiger partial charge is 0.453 e. The normalized spacial score (nSPS) is 11.5. The van der Waals surface area contributed by atoms with Crippen LogP contribution >= 0.6 is 11.3 Å². The first-order valence-electron chi connectivity index (χ1n) is 9.68. The smallest absolute Gasteiger partial charge is 0.307 e. The topological polar surface area (TPSA) is 72.5 Å². The van der Waals surface area contributed by atoms with Crippen LogP contribution in [0.15, 0.2) is 66.7 Å². The summed E-state index contributed by atoms with van der Waals surface area (Å²) in [7, 11) is 0. The Bertz CT molecular complexity index is 1040. The second-order valence-corrected chi connectivity index (χ2v) is 8.15. The molecule has 6 heteroatoms. The first-order chi connectivity index (χ1) is 14.4. The molecule has 154 valence electrons. The minimum atomic E-state index is -0.972. The quantitative estimate of drug-likeness (QED) is 0.398. The zero-order valence-corrected chi connectivity index (χ0v) is 17.7. The van der Waals surface area contributed by atoms with E-state index in [2.05, 4.69) is 5.32 Å². The van der Waals surface area contributed by atoms with E-state index in [1.807, 2.05) is 61.5 Å². The van der Waals surface area contributed by atoms with Crippen molar-refractivity contribution in [2.24, 2.45) is 0 Å². The summed E-state index contributed by atoms with van der Waals surface area (Å²) in [5.41, 5.74) is 2.49. The molecule has 0 unspecified atom stereocenters. The number of Topliss-reactive ketones (excluding diaryl/α,β-unsaturated/α-hetero) is 1. The van der Waals surface area contributed by atoms with E-state index in [4.69, 9.17) is 4.74 Å². The molecule has 1 atom stereocenters. The lowest BCUT2D eigenvalue weighted by Gasteiger charge is -2.16.